The Bertz CT molecular complexity index is 460. The summed E-state index contributed by atoms with van der Waals surface area (Å²) < 4.78 is 0. The second-order valence-corrected chi connectivity index (χ2v) is 7.04. The van der Waals surface area contributed by atoms with E-state index in [2.05, 4.69) is 53.0 Å². The van der Waals surface area contributed by atoms with E-state index in [4.69, 9.17) is 5.73 Å². The molecule has 0 heterocycles. The Hall–Kier alpha value is -1.50. The van der Waals surface area contributed by atoms with Crippen LogP contribution < -0.4 is 5.73 Å². The van der Waals surface area contributed by atoms with Crippen molar-refractivity contribution in [2.24, 2.45) is 11.3 Å². The van der Waals surface area contributed by atoms with Crippen LogP contribution in [0.5, 0.6) is 0 Å². The van der Waals surface area contributed by atoms with Crippen molar-refractivity contribution in [1.29, 1.82) is 0 Å². The fourth-order valence-electron chi connectivity index (χ4n) is 2.29. The molecule has 1 aromatic rings. The second kappa shape index (κ2) is 6.78. The van der Waals surface area contributed by atoms with Gasteiger partial charge in [0.15, 0.2) is 0 Å². The van der Waals surface area contributed by atoms with Crippen molar-refractivity contribution < 1.29 is 0 Å². The number of nitrogens with two attached hydrogens (primary N) is 1. The van der Waals surface area contributed by atoms with Crippen molar-refractivity contribution in [1.82, 2.24) is 0 Å². The lowest BCUT2D eigenvalue weighted by Gasteiger charge is -2.25. The van der Waals surface area contributed by atoms with Crippen LogP contribution in [0.1, 0.15) is 46.1 Å². The first kappa shape index (κ1) is 16.6. The first-order valence-electron chi connectivity index (χ1n) is 7.38. The van der Waals surface area contributed by atoms with E-state index in [0.29, 0.717) is 5.92 Å². The lowest BCUT2D eigenvalue weighted by Crippen LogP contribution is -2.12. The predicted octanol–water partition coefficient (Wildman–Crippen LogP) is 5.39. The first-order valence-corrected chi connectivity index (χ1v) is 7.38. The lowest BCUT2D eigenvalue weighted by atomic mass is 9.81. The summed E-state index contributed by atoms with van der Waals surface area (Å²) in [5.74, 6) is 0.600. The predicted molar refractivity (Wildman–Crippen MR) is 90.7 cm³/mol. The van der Waals surface area contributed by atoms with Crippen LogP contribution in [0.4, 0.5) is 5.69 Å². The Kier molecular flexibility index (Phi) is 5.62. The maximum absolute atomic E-state index is 5.70. The Labute approximate surface area is 124 Å². The van der Waals surface area contributed by atoms with Crippen LogP contribution in [0.2, 0.25) is 0 Å². The van der Waals surface area contributed by atoms with Gasteiger partial charge in [0.1, 0.15) is 0 Å². The molecule has 0 saturated heterocycles. The molecule has 110 valence electrons. The molecular weight excluding hydrogens is 242 g/mol. The average molecular weight is 271 g/mol. The van der Waals surface area contributed by atoms with Gasteiger partial charge in [-0.2, -0.15) is 0 Å². The molecule has 1 rings (SSSR count). The van der Waals surface area contributed by atoms with Gasteiger partial charge in [0.25, 0.3) is 0 Å². The second-order valence-electron chi connectivity index (χ2n) is 7.04. The summed E-state index contributed by atoms with van der Waals surface area (Å²) in [6.45, 7) is 17.4. The van der Waals surface area contributed by atoms with E-state index in [1.165, 1.54) is 16.7 Å². The van der Waals surface area contributed by atoms with Crippen molar-refractivity contribution in [2.45, 2.75) is 47.0 Å². The van der Waals surface area contributed by atoms with Gasteiger partial charge in [-0.3, -0.25) is 0 Å². The van der Waals surface area contributed by atoms with Gasteiger partial charge >= 0.3 is 0 Å². The third kappa shape index (κ3) is 5.64. The minimum atomic E-state index is 0.201. The fourth-order valence-corrected chi connectivity index (χ4v) is 2.29. The largest absolute Gasteiger partial charge is 0.399 e. The van der Waals surface area contributed by atoms with Crippen molar-refractivity contribution in [3.05, 3.63) is 54.1 Å². The molecule has 0 aliphatic heterocycles. The highest BCUT2D eigenvalue weighted by Gasteiger charge is 2.17. The summed E-state index contributed by atoms with van der Waals surface area (Å²) in [6.07, 6.45) is 3.07. The lowest BCUT2D eigenvalue weighted by molar-refractivity contribution is 0.441. The molecule has 1 atom stereocenters. The number of hydrogen-bond donors (Lipinski definition) is 1. The Morgan fingerprint density at radius 2 is 1.65 bits per heavy atom. The highest BCUT2D eigenvalue weighted by Crippen LogP contribution is 2.31. The third-order valence-corrected chi connectivity index (χ3v) is 3.73. The SMILES string of the molecule is C=C(Cc1ccc(N)cc1)CC(C)CC(=C)C(C)(C)C. The summed E-state index contributed by atoms with van der Waals surface area (Å²) in [7, 11) is 0. The highest BCUT2D eigenvalue weighted by atomic mass is 14.5. The third-order valence-electron chi connectivity index (χ3n) is 3.73. The van der Waals surface area contributed by atoms with Crippen molar-refractivity contribution in [3.63, 3.8) is 0 Å². The smallest absolute Gasteiger partial charge is 0.0314 e. The zero-order valence-electron chi connectivity index (χ0n) is 13.5. The van der Waals surface area contributed by atoms with Crippen LogP contribution in [-0.4, -0.2) is 0 Å². The highest BCUT2D eigenvalue weighted by molar-refractivity contribution is 5.40. The molecule has 0 spiro atoms. The zero-order valence-corrected chi connectivity index (χ0v) is 13.5. The molecule has 0 bridgehead atoms. The molecule has 0 aromatic heterocycles. The minimum Gasteiger partial charge on any atom is -0.399 e. The normalized spacial score (nSPS) is 13.0. The zero-order chi connectivity index (χ0) is 15.3. The topological polar surface area (TPSA) is 26.0 Å². The summed E-state index contributed by atoms with van der Waals surface area (Å²) in [4.78, 5) is 0. The molecule has 0 aliphatic carbocycles. The fraction of sp³-hybridized carbons (Fsp3) is 0.474. The Balaban J connectivity index is 2.46. The molecule has 0 amide bonds. The van der Waals surface area contributed by atoms with Gasteiger partial charge in [0.2, 0.25) is 0 Å². The molecule has 0 aliphatic rings. The van der Waals surface area contributed by atoms with Gasteiger partial charge in [-0.15, -0.1) is 0 Å². The number of benzene rings is 1. The molecular formula is C19H29N. The van der Waals surface area contributed by atoms with E-state index in [-0.39, 0.29) is 5.41 Å². The maximum Gasteiger partial charge on any atom is 0.0314 e. The van der Waals surface area contributed by atoms with E-state index in [1.54, 1.807) is 0 Å². The number of nitrogen functional groups attached to an aromatic ring is 1. The van der Waals surface area contributed by atoms with Crippen LogP contribution in [-0.2, 0) is 6.42 Å². The van der Waals surface area contributed by atoms with E-state index in [0.717, 1.165) is 24.9 Å². The molecule has 1 nitrogen and oxygen atoms in total. The summed E-state index contributed by atoms with van der Waals surface area (Å²) >= 11 is 0. The van der Waals surface area contributed by atoms with E-state index >= 15 is 0 Å². The van der Waals surface area contributed by atoms with Gasteiger partial charge in [0.05, 0.1) is 0 Å². The first-order chi connectivity index (χ1) is 9.18. The molecule has 1 heteroatoms. The van der Waals surface area contributed by atoms with Gasteiger partial charge in [-0.25, -0.2) is 0 Å². The summed E-state index contributed by atoms with van der Waals surface area (Å²) in [5, 5.41) is 0. The number of rotatable bonds is 6. The van der Waals surface area contributed by atoms with E-state index in [9.17, 15) is 0 Å². The maximum atomic E-state index is 5.70. The molecule has 0 fully saturated rings. The molecule has 1 aromatic carbocycles. The Morgan fingerprint density at radius 1 is 1.10 bits per heavy atom. The summed E-state index contributed by atoms with van der Waals surface area (Å²) in [6, 6.07) is 8.07. The van der Waals surface area contributed by atoms with Crippen molar-refractivity contribution >= 4 is 5.69 Å². The van der Waals surface area contributed by atoms with Crippen LogP contribution in [0.3, 0.4) is 0 Å². The Morgan fingerprint density at radius 3 is 2.15 bits per heavy atom. The van der Waals surface area contributed by atoms with Crippen LogP contribution in [0.25, 0.3) is 0 Å². The van der Waals surface area contributed by atoms with E-state index < -0.39 is 0 Å². The monoisotopic (exact) mass is 271 g/mol. The number of allylic oxidation sites excluding steroid dienone is 2. The minimum absolute atomic E-state index is 0.201. The van der Waals surface area contributed by atoms with Gasteiger partial charge in [-0.1, -0.05) is 64.1 Å². The molecule has 1 unspecified atom stereocenters. The molecule has 2 N–H and O–H groups in total. The van der Waals surface area contributed by atoms with Gasteiger partial charge < -0.3 is 5.73 Å². The quantitative estimate of drug-likeness (QED) is 0.545. The standard InChI is InChI=1S/C19H29N/c1-14(12-16(3)19(4,5)6)11-15(2)13-17-7-9-18(20)10-8-17/h7-10,14H,2-3,11-13,20H2,1,4-6H3. The van der Waals surface area contributed by atoms with Crippen molar-refractivity contribution in [2.75, 3.05) is 5.73 Å². The van der Waals surface area contributed by atoms with Crippen molar-refractivity contribution in [3.8, 4) is 0 Å². The number of anilines is 1. The molecule has 0 radical (unpaired) electrons. The molecule has 0 saturated carbocycles. The number of hydrogen-bond acceptors (Lipinski definition) is 1. The van der Waals surface area contributed by atoms with Crippen LogP contribution in [0, 0.1) is 11.3 Å². The average Bonchev–Trinajstić information content (AvgIpc) is 2.30. The van der Waals surface area contributed by atoms with Crippen LogP contribution in [0.15, 0.2) is 48.6 Å². The van der Waals surface area contributed by atoms with Crippen LogP contribution >= 0.6 is 0 Å². The van der Waals surface area contributed by atoms with Gasteiger partial charge in [-0.05, 0) is 48.3 Å². The molecule has 20 heavy (non-hydrogen) atoms. The van der Waals surface area contributed by atoms with E-state index in [1.807, 2.05) is 12.1 Å². The summed E-state index contributed by atoms with van der Waals surface area (Å²) in [5.41, 5.74) is 10.6. The van der Waals surface area contributed by atoms with Gasteiger partial charge in [0, 0.05) is 5.69 Å².